The van der Waals surface area contributed by atoms with Gasteiger partial charge < -0.3 is 9.47 Å². The van der Waals surface area contributed by atoms with Gasteiger partial charge in [-0.25, -0.2) is 4.99 Å². The number of aliphatic imine (C=N–C) groups is 1. The summed E-state index contributed by atoms with van der Waals surface area (Å²) in [6.45, 7) is 9.00. The molecule has 7 heteroatoms. The Bertz CT molecular complexity index is 1300. The van der Waals surface area contributed by atoms with Gasteiger partial charge in [0.25, 0.3) is 5.91 Å². The molecule has 0 N–H and O–H groups in total. The summed E-state index contributed by atoms with van der Waals surface area (Å²) in [6, 6.07) is 21.3. The molecule has 0 saturated carbocycles. The Morgan fingerprint density at radius 2 is 1.73 bits per heavy atom. The third-order valence-corrected chi connectivity index (χ3v) is 7.24. The zero-order chi connectivity index (χ0) is 26.4. The lowest BCUT2D eigenvalue weighted by molar-refractivity contribution is -0.123. The van der Waals surface area contributed by atoms with E-state index in [2.05, 4.69) is 6.92 Å². The predicted molar refractivity (Wildman–Crippen MR) is 154 cm³/mol. The Labute approximate surface area is 228 Å². The van der Waals surface area contributed by atoms with Crippen molar-refractivity contribution in [2.45, 2.75) is 46.8 Å². The van der Waals surface area contributed by atoms with E-state index in [0.29, 0.717) is 39.8 Å². The molecule has 1 saturated heterocycles. The van der Waals surface area contributed by atoms with E-state index in [9.17, 15) is 4.79 Å². The molecule has 1 amide bonds. The standard InChI is InChI=1S/C30H31ClN2O3S/c1-5-21(4)33-29(34)28(37-30(33)32-25-14-7-20(3)8-15-25)18-23-11-16-26(27(17-23)35-6-2)36-19-22-9-12-24(31)13-10-22/h7-18,21H,5-6,19H2,1-4H3/b28-18+,32-30?/t21-/m1/s1. The van der Waals surface area contributed by atoms with Crippen LogP contribution in [0.25, 0.3) is 6.08 Å². The van der Waals surface area contributed by atoms with Crippen molar-refractivity contribution in [3.05, 3.63) is 93.3 Å². The van der Waals surface area contributed by atoms with Crippen LogP contribution in [0.2, 0.25) is 5.02 Å². The fraction of sp³-hybridized carbons (Fsp3) is 0.267. The predicted octanol–water partition coefficient (Wildman–Crippen LogP) is 8.03. The minimum atomic E-state index is -0.0359. The van der Waals surface area contributed by atoms with Crippen LogP contribution in [0.4, 0.5) is 5.69 Å². The first kappa shape index (κ1) is 26.8. The summed E-state index contributed by atoms with van der Waals surface area (Å²) < 4.78 is 11.9. The maximum absolute atomic E-state index is 13.4. The van der Waals surface area contributed by atoms with Crippen LogP contribution in [-0.2, 0) is 11.4 Å². The molecule has 0 aliphatic carbocycles. The van der Waals surface area contributed by atoms with Crippen molar-refractivity contribution in [2.24, 2.45) is 4.99 Å². The molecule has 0 aromatic heterocycles. The van der Waals surface area contributed by atoms with Gasteiger partial charge in [-0.3, -0.25) is 9.69 Å². The van der Waals surface area contributed by atoms with E-state index in [4.69, 9.17) is 26.1 Å². The number of halogens is 1. The first-order chi connectivity index (χ1) is 17.9. The summed E-state index contributed by atoms with van der Waals surface area (Å²) in [7, 11) is 0. The van der Waals surface area contributed by atoms with Crippen LogP contribution >= 0.6 is 23.4 Å². The highest BCUT2D eigenvalue weighted by molar-refractivity contribution is 8.18. The smallest absolute Gasteiger partial charge is 0.266 e. The average Bonchev–Trinajstić information content (AvgIpc) is 3.19. The van der Waals surface area contributed by atoms with E-state index in [0.717, 1.165) is 23.2 Å². The molecular weight excluding hydrogens is 504 g/mol. The largest absolute Gasteiger partial charge is 0.490 e. The van der Waals surface area contributed by atoms with Gasteiger partial charge in [0.05, 0.1) is 17.2 Å². The molecule has 1 heterocycles. The molecule has 0 spiro atoms. The van der Waals surface area contributed by atoms with Crippen molar-refractivity contribution in [2.75, 3.05) is 6.61 Å². The van der Waals surface area contributed by atoms with Gasteiger partial charge in [0.2, 0.25) is 0 Å². The number of benzene rings is 3. The van der Waals surface area contributed by atoms with Crippen molar-refractivity contribution in [3.8, 4) is 11.5 Å². The van der Waals surface area contributed by atoms with Crippen LogP contribution in [-0.4, -0.2) is 28.6 Å². The van der Waals surface area contributed by atoms with Crippen molar-refractivity contribution in [3.63, 3.8) is 0 Å². The molecule has 1 fully saturated rings. The lowest BCUT2D eigenvalue weighted by Crippen LogP contribution is -2.36. The third-order valence-electron chi connectivity index (χ3n) is 6.00. The Kier molecular flexibility index (Phi) is 8.95. The van der Waals surface area contributed by atoms with Crippen LogP contribution in [0.15, 0.2) is 76.6 Å². The number of ether oxygens (including phenoxy) is 2. The Morgan fingerprint density at radius 1 is 1.00 bits per heavy atom. The molecule has 5 nitrogen and oxygen atoms in total. The monoisotopic (exact) mass is 534 g/mol. The highest BCUT2D eigenvalue weighted by Crippen LogP contribution is 2.37. The number of amidine groups is 1. The number of hydrogen-bond donors (Lipinski definition) is 0. The van der Waals surface area contributed by atoms with Gasteiger partial charge in [-0.15, -0.1) is 0 Å². The number of aryl methyl sites for hydroxylation is 1. The third kappa shape index (κ3) is 6.76. The molecule has 0 unspecified atom stereocenters. The van der Waals surface area contributed by atoms with Crippen molar-refractivity contribution in [1.82, 2.24) is 4.90 Å². The Hall–Kier alpha value is -3.22. The first-order valence-corrected chi connectivity index (χ1v) is 13.6. The van der Waals surface area contributed by atoms with Crippen LogP contribution in [0.3, 0.4) is 0 Å². The lowest BCUT2D eigenvalue weighted by atomic mass is 10.1. The number of hydrogen-bond acceptors (Lipinski definition) is 5. The molecule has 4 rings (SSSR count). The minimum absolute atomic E-state index is 0.0359. The molecular formula is C30H31ClN2O3S. The van der Waals surface area contributed by atoms with Crippen molar-refractivity contribution in [1.29, 1.82) is 0 Å². The van der Waals surface area contributed by atoms with E-state index < -0.39 is 0 Å². The van der Waals surface area contributed by atoms with Gasteiger partial charge in [0.1, 0.15) is 6.61 Å². The van der Waals surface area contributed by atoms with Gasteiger partial charge in [0, 0.05) is 11.1 Å². The Balaban J connectivity index is 1.59. The zero-order valence-electron chi connectivity index (χ0n) is 21.5. The van der Waals surface area contributed by atoms with E-state index >= 15 is 0 Å². The molecule has 192 valence electrons. The number of rotatable bonds is 9. The summed E-state index contributed by atoms with van der Waals surface area (Å²) in [5.74, 6) is 1.24. The Morgan fingerprint density at radius 3 is 2.41 bits per heavy atom. The van der Waals surface area contributed by atoms with Crippen LogP contribution in [0.5, 0.6) is 11.5 Å². The second-order valence-electron chi connectivity index (χ2n) is 8.83. The van der Waals surface area contributed by atoms with E-state index in [1.165, 1.54) is 17.3 Å². The molecule has 3 aromatic carbocycles. The molecule has 1 aliphatic rings. The van der Waals surface area contributed by atoms with Gasteiger partial charge in [-0.05, 0) is 92.6 Å². The van der Waals surface area contributed by atoms with Crippen LogP contribution in [0, 0.1) is 6.92 Å². The number of nitrogens with zero attached hydrogens (tertiary/aromatic N) is 2. The van der Waals surface area contributed by atoms with Gasteiger partial charge in [0.15, 0.2) is 16.7 Å². The molecule has 37 heavy (non-hydrogen) atoms. The van der Waals surface area contributed by atoms with E-state index in [1.54, 1.807) is 4.90 Å². The summed E-state index contributed by atoms with van der Waals surface area (Å²) in [6.07, 6.45) is 2.73. The minimum Gasteiger partial charge on any atom is -0.490 e. The second kappa shape index (κ2) is 12.3. The summed E-state index contributed by atoms with van der Waals surface area (Å²) in [5.41, 5.74) is 3.87. The second-order valence-corrected chi connectivity index (χ2v) is 10.3. The SMILES string of the molecule is CCOc1cc(/C=C2/SC(=Nc3ccc(C)cc3)N([C@H](C)CC)C2=O)ccc1OCc1ccc(Cl)cc1. The average molecular weight is 535 g/mol. The number of carbonyl (C=O) groups excluding carboxylic acids is 1. The number of amides is 1. The summed E-state index contributed by atoms with van der Waals surface area (Å²) >= 11 is 7.38. The maximum atomic E-state index is 13.4. The van der Waals surface area contributed by atoms with Crippen molar-refractivity contribution >= 4 is 46.2 Å². The van der Waals surface area contributed by atoms with Gasteiger partial charge in [-0.1, -0.05) is 54.4 Å². The van der Waals surface area contributed by atoms with Crippen molar-refractivity contribution < 1.29 is 14.3 Å². The summed E-state index contributed by atoms with van der Waals surface area (Å²) in [4.78, 5) is 20.6. The molecule has 0 radical (unpaired) electrons. The highest BCUT2D eigenvalue weighted by Gasteiger charge is 2.36. The lowest BCUT2D eigenvalue weighted by Gasteiger charge is -2.22. The normalized spacial score (nSPS) is 16.5. The number of carbonyl (C=O) groups is 1. The number of thioether (sulfide) groups is 1. The van der Waals surface area contributed by atoms with E-state index in [-0.39, 0.29) is 11.9 Å². The molecule has 0 bridgehead atoms. The van der Waals surface area contributed by atoms with E-state index in [1.807, 2.05) is 93.6 Å². The van der Waals surface area contributed by atoms with Gasteiger partial charge >= 0.3 is 0 Å². The van der Waals surface area contributed by atoms with Gasteiger partial charge in [-0.2, -0.15) is 0 Å². The zero-order valence-corrected chi connectivity index (χ0v) is 23.1. The first-order valence-electron chi connectivity index (χ1n) is 12.4. The van der Waals surface area contributed by atoms with Crippen LogP contribution in [0.1, 0.15) is 43.9 Å². The highest BCUT2D eigenvalue weighted by atomic mass is 35.5. The quantitative estimate of drug-likeness (QED) is 0.261. The topological polar surface area (TPSA) is 51.1 Å². The summed E-state index contributed by atoms with van der Waals surface area (Å²) in [5, 5.41) is 1.39. The molecule has 1 atom stereocenters. The maximum Gasteiger partial charge on any atom is 0.266 e. The molecule has 1 aliphatic heterocycles. The molecule has 3 aromatic rings. The fourth-order valence-corrected chi connectivity index (χ4v) is 4.98. The van der Waals surface area contributed by atoms with Crippen LogP contribution < -0.4 is 9.47 Å². The fourth-order valence-electron chi connectivity index (χ4n) is 3.76.